The molecule has 4 aliphatic rings. The molecular weight excluding hydrogens is 314 g/mol. The summed E-state index contributed by atoms with van der Waals surface area (Å²) in [6.45, 7) is 4.79. The highest BCUT2D eigenvalue weighted by Crippen LogP contribution is 2.64. The van der Waals surface area contributed by atoms with Gasteiger partial charge in [-0.05, 0) is 61.7 Å². The summed E-state index contributed by atoms with van der Waals surface area (Å²) in [7, 11) is 3.23. The standard InChI is InChI=1S/C21H31NO3/c1-20-10-5-6-15(20)13-7-8-17-21(2,16(13)9-11-20)12-14(19(24)25-4)18(23)22(17)3/h12-13,15-17H,5-11H2,1-4H3/t13-,15-,16-,17+,20-,21+/m0/s1. The Labute approximate surface area is 151 Å². The second-order valence-electron chi connectivity index (χ2n) is 9.39. The summed E-state index contributed by atoms with van der Waals surface area (Å²) in [4.78, 5) is 26.7. The SMILES string of the molecule is COC(=O)C1=C[C@]2(C)[C@H]3CC[C@]4(C)CCC[C@H]4[C@@H]3CC[C@H]2N(C)C1=O. The van der Waals surface area contributed by atoms with Gasteiger partial charge in [0, 0.05) is 18.5 Å². The molecule has 4 rings (SSSR count). The summed E-state index contributed by atoms with van der Waals surface area (Å²) in [6.07, 6.45) is 10.9. The van der Waals surface area contributed by atoms with Gasteiger partial charge in [-0.25, -0.2) is 4.79 Å². The number of rotatable bonds is 1. The summed E-state index contributed by atoms with van der Waals surface area (Å²) in [5.74, 6) is 1.47. The Morgan fingerprint density at radius 1 is 1.16 bits per heavy atom. The van der Waals surface area contributed by atoms with Gasteiger partial charge in [0.2, 0.25) is 0 Å². The Kier molecular flexibility index (Phi) is 3.82. The minimum atomic E-state index is -0.486. The molecule has 0 bridgehead atoms. The minimum absolute atomic E-state index is 0.112. The summed E-state index contributed by atoms with van der Waals surface area (Å²) >= 11 is 0. The van der Waals surface area contributed by atoms with Crippen LogP contribution < -0.4 is 0 Å². The first-order valence-corrected chi connectivity index (χ1v) is 9.90. The molecule has 4 nitrogen and oxygen atoms in total. The number of carbonyl (C=O) groups is 2. The Morgan fingerprint density at radius 2 is 1.92 bits per heavy atom. The highest BCUT2D eigenvalue weighted by molar-refractivity contribution is 6.17. The minimum Gasteiger partial charge on any atom is -0.465 e. The number of fused-ring (bicyclic) bond motifs is 5. The molecule has 1 aliphatic heterocycles. The maximum absolute atomic E-state index is 12.7. The van der Waals surface area contributed by atoms with Crippen molar-refractivity contribution in [1.82, 2.24) is 4.90 Å². The predicted molar refractivity (Wildman–Crippen MR) is 95.7 cm³/mol. The lowest BCUT2D eigenvalue weighted by Gasteiger charge is -2.60. The Hall–Kier alpha value is -1.32. The van der Waals surface area contributed by atoms with Crippen LogP contribution in [0.4, 0.5) is 0 Å². The highest BCUT2D eigenvalue weighted by atomic mass is 16.5. The average molecular weight is 345 g/mol. The maximum atomic E-state index is 12.7. The number of methoxy groups -OCH3 is 1. The Bertz CT molecular complexity index is 641. The van der Waals surface area contributed by atoms with Crippen molar-refractivity contribution >= 4 is 11.9 Å². The van der Waals surface area contributed by atoms with Crippen LogP contribution in [0, 0.1) is 28.6 Å². The zero-order valence-electron chi connectivity index (χ0n) is 16.0. The third-order valence-electron chi connectivity index (χ3n) is 8.39. The molecule has 1 heterocycles. The molecule has 0 saturated heterocycles. The lowest BCUT2D eigenvalue weighted by atomic mass is 9.48. The molecule has 3 saturated carbocycles. The fourth-order valence-corrected chi connectivity index (χ4v) is 7.14. The van der Waals surface area contributed by atoms with E-state index in [1.807, 2.05) is 18.0 Å². The van der Waals surface area contributed by atoms with Crippen molar-refractivity contribution in [3.63, 3.8) is 0 Å². The van der Waals surface area contributed by atoms with Crippen molar-refractivity contribution in [1.29, 1.82) is 0 Å². The van der Waals surface area contributed by atoms with Crippen LogP contribution in [-0.4, -0.2) is 37.0 Å². The van der Waals surface area contributed by atoms with Crippen LogP contribution >= 0.6 is 0 Å². The number of ether oxygens (including phenoxy) is 1. The molecule has 0 radical (unpaired) electrons. The van der Waals surface area contributed by atoms with Crippen LogP contribution in [0.3, 0.4) is 0 Å². The topological polar surface area (TPSA) is 46.6 Å². The van der Waals surface area contributed by atoms with E-state index >= 15 is 0 Å². The van der Waals surface area contributed by atoms with Crippen molar-refractivity contribution in [2.75, 3.05) is 14.2 Å². The monoisotopic (exact) mass is 345 g/mol. The van der Waals surface area contributed by atoms with Gasteiger partial charge in [0.15, 0.2) is 0 Å². The van der Waals surface area contributed by atoms with E-state index in [2.05, 4.69) is 13.8 Å². The largest absolute Gasteiger partial charge is 0.465 e. The smallest absolute Gasteiger partial charge is 0.343 e. The number of amides is 1. The van der Waals surface area contributed by atoms with Crippen LogP contribution in [-0.2, 0) is 14.3 Å². The fourth-order valence-electron chi connectivity index (χ4n) is 7.14. The lowest BCUT2D eigenvalue weighted by Crippen LogP contribution is -2.60. The second kappa shape index (κ2) is 5.59. The first-order valence-electron chi connectivity index (χ1n) is 9.90. The van der Waals surface area contributed by atoms with E-state index in [9.17, 15) is 9.59 Å². The van der Waals surface area contributed by atoms with E-state index in [-0.39, 0.29) is 22.9 Å². The fraction of sp³-hybridized carbons (Fsp3) is 0.810. The van der Waals surface area contributed by atoms with Gasteiger partial charge in [-0.1, -0.05) is 26.3 Å². The molecular formula is C21H31NO3. The van der Waals surface area contributed by atoms with Crippen molar-refractivity contribution in [3.05, 3.63) is 11.6 Å². The third-order valence-corrected chi connectivity index (χ3v) is 8.39. The van der Waals surface area contributed by atoms with E-state index in [1.165, 1.54) is 45.6 Å². The van der Waals surface area contributed by atoms with E-state index in [4.69, 9.17) is 4.74 Å². The van der Waals surface area contributed by atoms with Gasteiger partial charge in [0.25, 0.3) is 5.91 Å². The summed E-state index contributed by atoms with van der Waals surface area (Å²) in [5, 5.41) is 0. The van der Waals surface area contributed by atoms with Crippen LogP contribution in [0.2, 0.25) is 0 Å². The molecule has 1 amide bonds. The maximum Gasteiger partial charge on any atom is 0.343 e. The molecule has 0 aromatic heterocycles. The van der Waals surface area contributed by atoms with Gasteiger partial charge in [0.1, 0.15) is 5.57 Å². The highest BCUT2D eigenvalue weighted by Gasteiger charge is 2.59. The van der Waals surface area contributed by atoms with E-state index in [0.717, 1.165) is 18.3 Å². The quantitative estimate of drug-likeness (QED) is 0.539. The number of likely N-dealkylation sites (N-methyl/N-ethyl adjacent to an activating group) is 1. The number of esters is 1. The van der Waals surface area contributed by atoms with Gasteiger partial charge in [-0.2, -0.15) is 0 Å². The van der Waals surface area contributed by atoms with Gasteiger partial charge in [-0.3, -0.25) is 4.79 Å². The average Bonchev–Trinajstić information content (AvgIpc) is 2.99. The van der Waals surface area contributed by atoms with E-state index < -0.39 is 5.97 Å². The molecule has 0 spiro atoms. The zero-order chi connectivity index (χ0) is 18.0. The molecule has 0 N–H and O–H groups in total. The molecule has 4 heteroatoms. The van der Waals surface area contributed by atoms with E-state index in [0.29, 0.717) is 11.3 Å². The summed E-state index contributed by atoms with van der Waals surface area (Å²) < 4.78 is 4.90. The van der Waals surface area contributed by atoms with Crippen molar-refractivity contribution in [3.8, 4) is 0 Å². The normalized spacial score (nSPS) is 46.0. The van der Waals surface area contributed by atoms with Crippen LogP contribution in [0.1, 0.15) is 58.8 Å². The van der Waals surface area contributed by atoms with Crippen LogP contribution in [0.25, 0.3) is 0 Å². The number of carbonyl (C=O) groups excluding carboxylic acids is 2. The number of nitrogens with zero attached hydrogens (tertiary/aromatic N) is 1. The molecule has 3 aliphatic carbocycles. The molecule has 0 aromatic rings. The van der Waals surface area contributed by atoms with Crippen LogP contribution in [0.15, 0.2) is 11.6 Å². The summed E-state index contributed by atoms with van der Waals surface area (Å²) in [5.41, 5.74) is 0.651. The molecule has 0 aromatic carbocycles. The molecule has 25 heavy (non-hydrogen) atoms. The number of hydrogen-bond donors (Lipinski definition) is 0. The molecule has 6 atom stereocenters. The summed E-state index contributed by atoms with van der Waals surface area (Å²) in [6, 6.07) is 0.209. The first-order chi connectivity index (χ1) is 11.8. The van der Waals surface area contributed by atoms with Crippen molar-refractivity contribution < 1.29 is 14.3 Å². The molecule has 138 valence electrons. The second-order valence-corrected chi connectivity index (χ2v) is 9.39. The van der Waals surface area contributed by atoms with Gasteiger partial charge < -0.3 is 9.64 Å². The van der Waals surface area contributed by atoms with Crippen molar-refractivity contribution in [2.45, 2.75) is 64.8 Å². The lowest BCUT2D eigenvalue weighted by molar-refractivity contribution is -0.147. The first kappa shape index (κ1) is 17.1. The molecule has 0 unspecified atom stereocenters. The van der Waals surface area contributed by atoms with E-state index in [1.54, 1.807) is 0 Å². The molecule has 3 fully saturated rings. The zero-order valence-corrected chi connectivity index (χ0v) is 16.0. The van der Waals surface area contributed by atoms with Crippen LogP contribution in [0.5, 0.6) is 0 Å². The third kappa shape index (κ3) is 2.25. The van der Waals surface area contributed by atoms with Gasteiger partial charge in [-0.15, -0.1) is 0 Å². The van der Waals surface area contributed by atoms with Crippen molar-refractivity contribution in [2.24, 2.45) is 28.6 Å². The van der Waals surface area contributed by atoms with Gasteiger partial charge in [0.05, 0.1) is 7.11 Å². The van der Waals surface area contributed by atoms with Gasteiger partial charge >= 0.3 is 5.97 Å². The Morgan fingerprint density at radius 3 is 2.64 bits per heavy atom. The Balaban J connectivity index is 1.75. The predicted octanol–water partition coefficient (Wildman–Crippen LogP) is 3.56. The number of hydrogen-bond acceptors (Lipinski definition) is 3.